The highest BCUT2D eigenvalue weighted by molar-refractivity contribution is 5.48. The van der Waals surface area contributed by atoms with Gasteiger partial charge in [-0.05, 0) is 50.3 Å². The van der Waals surface area contributed by atoms with E-state index in [9.17, 15) is 0 Å². The Balaban J connectivity index is 2.36. The topological polar surface area (TPSA) is 44.5 Å². The molecule has 0 fully saturated rings. The number of hydrogen-bond acceptors (Lipinski definition) is 3. The average molecular weight is 235 g/mol. The molecule has 1 aliphatic carbocycles. The third kappa shape index (κ3) is 2.72. The van der Waals surface area contributed by atoms with Gasteiger partial charge in [0.15, 0.2) is 0 Å². The van der Waals surface area contributed by atoms with Crippen LogP contribution in [0.1, 0.15) is 31.4 Å². The summed E-state index contributed by atoms with van der Waals surface area (Å²) in [5.41, 5.74) is 8.63. The number of aryl methyl sites for hydroxylation is 1. The molecule has 1 aromatic carbocycles. The predicted molar refractivity (Wildman–Crippen MR) is 68.8 cm³/mol. The summed E-state index contributed by atoms with van der Waals surface area (Å²) >= 11 is 0. The Kier molecular flexibility index (Phi) is 3.89. The first-order chi connectivity index (χ1) is 8.24. The number of fused-ring (bicyclic) bond motifs is 1. The van der Waals surface area contributed by atoms with Crippen molar-refractivity contribution in [2.75, 3.05) is 13.2 Å². The fourth-order valence-electron chi connectivity index (χ4n) is 2.37. The SMILES string of the molecule is CCOc1cc2c(c(OCC)c1)C[C@H](N)CC2. The number of hydrogen-bond donors (Lipinski definition) is 1. The van der Waals surface area contributed by atoms with Crippen LogP contribution in [-0.4, -0.2) is 19.3 Å². The molecule has 1 atom stereocenters. The lowest BCUT2D eigenvalue weighted by Gasteiger charge is -2.24. The minimum Gasteiger partial charge on any atom is -0.494 e. The van der Waals surface area contributed by atoms with Crippen LogP contribution in [0, 0.1) is 0 Å². The maximum Gasteiger partial charge on any atom is 0.126 e. The van der Waals surface area contributed by atoms with E-state index in [4.69, 9.17) is 15.2 Å². The molecule has 2 N–H and O–H groups in total. The number of benzene rings is 1. The van der Waals surface area contributed by atoms with E-state index in [1.54, 1.807) is 0 Å². The maximum absolute atomic E-state index is 6.02. The van der Waals surface area contributed by atoms with Crippen molar-refractivity contribution in [1.29, 1.82) is 0 Å². The molecule has 0 aromatic heterocycles. The molecular formula is C14H21NO2. The van der Waals surface area contributed by atoms with Crippen LogP contribution in [0.2, 0.25) is 0 Å². The maximum atomic E-state index is 6.02. The molecule has 17 heavy (non-hydrogen) atoms. The lowest BCUT2D eigenvalue weighted by molar-refractivity contribution is 0.317. The van der Waals surface area contributed by atoms with Gasteiger partial charge in [0.2, 0.25) is 0 Å². The average Bonchev–Trinajstić information content (AvgIpc) is 2.31. The monoisotopic (exact) mass is 235 g/mol. The molecule has 3 heteroatoms. The molecule has 0 bridgehead atoms. The zero-order chi connectivity index (χ0) is 12.3. The lowest BCUT2D eigenvalue weighted by Crippen LogP contribution is -2.28. The van der Waals surface area contributed by atoms with E-state index < -0.39 is 0 Å². The molecule has 94 valence electrons. The smallest absolute Gasteiger partial charge is 0.126 e. The van der Waals surface area contributed by atoms with Crippen molar-refractivity contribution in [3.63, 3.8) is 0 Å². The minimum absolute atomic E-state index is 0.264. The first-order valence-electron chi connectivity index (χ1n) is 6.41. The van der Waals surface area contributed by atoms with Gasteiger partial charge in [-0.3, -0.25) is 0 Å². The van der Waals surface area contributed by atoms with Crippen LogP contribution in [0.25, 0.3) is 0 Å². The van der Waals surface area contributed by atoms with Gasteiger partial charge in [-0.25, -0.2) is 0 Å². The molecule has 0 saturated heterocycles. The molecule has 0 spiro atoms. The second-order valence-electron chi connectivity index (χ2n) is 4.43. The highest BCUT2D eigenvalue weighted by Gasteiger charge is 2.20. The number of ether oxygens (including phenoxy) is 2. The standard InChI is InChI=1S/C14H21NO2/c1-3-16-12-7-10-5-6-11(15)8-13(10)14(9-12)17-4-2/h7,9,11H,3-6,8,15H2,1-2H3/t11-/m1/s1. The molecule has 0 saturated carbocycles. The largest absolute Gasteiger partial charge is 0.494 e. The number of nitrogens with two attached hydrogens (primary N) is 1. The van der Waals surface area contributed by atoms with Gasteiger partial charge in [0, 0.05) is 12.1 Å². The molecule has 3 nitrogen and oxygen atoms in total. The normalized spacial score (nSPS) is 18.6. The summed E-state index contributed by atoms with van der Waals surface area (Å²) in [5, 5.41) is 0. The fourth-order valence-corrected chi connectivity index (χ4v) is 2.37. The molecule has 0 amide bonds. The summed E-state index contributed by atoms with van der Waals surface area (Å²) in [6.45, 7) is 5.36. The summed E-state index contributed by atoms with van der Waals surface area (Å²) in [6.07, 6.45) is 2.99. The van der Waals surface area contributed by atoms with Crippen molar-refractivity contribution in [2.45, 2.75) is 39.2 Å². The summed E-state index contributed by atoms with van der Waals surface area (Å²) in [4.78, 5) is 0. The van der Waals surface area contributed by atoms with Crippen molar-refractivity contribution >= 4 is 0 Å². The second kappa shape index (κ2) is 5.41. The summed E-state index contributed by atoms with van der Waals surface area (Å²) in [7, 11) is 0. The van der Waals surface area contributed by atoms with Crippen molar-refractivity contribution in [2.24, 2.45) is 5.73 Å². The van der Waals surface area contributed by atoms with E-state index >= 15 is 0 Å². The summed E-state index contributed by atoms with van der Waals surface area (Å²) in [5.74, 6) is 1.86. The van der Waals surface area contributed by atoms with Crippen molar-refractivity contribution in [3.8, 4) is 11.5 Å². The first-order valence-corrected chi connectivity index (χ1v) is 6.41. The van der Waals surface area contributed by atoms with Crippen molar-refractivity contribution < 1.29 is 9.47 Å². The Morgan fingerprint density at radius 2 is 2.00 bits per heavy atom. The van der Waals surface area contributed by atoms with Crippen LogP contribution < -0.4 is 15.2 Å². The predicted octanol–water partition coefficient (Wildman–Crippen LogP) is 2.30. The Morgan fingerprint density at radius 1 is 1.24 bits per heavy atom. The van der Waals surface area contributed by atoms with Gasteiger partial charge in [-0.2, -0.15) is 0 Å². The quantitative estimate of drug-likeness (QED) is 0.871. The van der Waals surface area contributed by atoms with Gasteiger partial charge in [0.1, 0.15) is 11.5 Å². The van der Waals surface area contributed by atoms with Crippen molar-refractivity contribution in [1.82, 2.24) is 0 Å². The first kappa shape index (κ1) is 12.2. The molecule has 0 aliphatic heterocycles. The molecular weight excluding hydrogens is 214 g/mol. The highest BCUT2D eigenvalue weighted by atomic mass is 16.5. The molecule has 0 unspecified atom stereocenters. The minimum atomic E-state index is 0.264. The molecule has 1 aromatic rings. The van der Waals surface area contributed by atoms with Gasteiger partial charge >= 0.3 is 0 Å². The molecule has 0 heterocycles. The van der Waals surface area contributed by atoms with E-state index in [1.165, 1.54) is 11.1 Å². The van der Waals surface area contributed by atoms with Crippen LogP contribution in [0.3, 0.4) is 0 Å². The van der Waals surface area contributed by atoms with Crippen molar-refractivity contribution in [3.05, 3.63) is 23.3 Å². The lowest BCUT2D eigenvalue weighted by atomic mass is 9.88. The van der Waals surface area contributed by atoms with Crippen LogP contribution in [-0.2, 0) is 12.8 Å². The second-order valence-corrected chi connectivity index (χ2v) is 4.43. The zero-order valence-electron chi connectivity index (χ0n) is 10.7. The number of rotatable bonds is 4. The van der Waals surface area contributed by atoms with Crippen LogP contribution in [0.15, 0.2) is 12.1 Å². The summed E-state index contributed by atoms with van der Waals surface area (Å²) < 4.78 is 11.3. The van der Waals surface area contributed by atoms with E-state index in [0.29, 0.717) is 13.2 Å². The zero-order valence-corrected chi connectivity index (χ0v) is 10.7. The Hall–Kier alpha value is -1.22. The van der Waals surface area contributed by atoms with E-state index in [2.05, 4.69) is 6.07 Å². The van der Waals surface area contributed by atoms with E-state index in [0.717, 1.165) is 30.8 Å². The van der Waals surface area contributed by atoms with Crippen LogP contribution in [0.5, 0.6) is 11.5 Å². The molecule has 0 radical (unpaired) electrons. The molecule has 2 rings (SSSR count). The van der Waals surface area contributed by atoms with Crippen LogP contribution >= 0.6 is 0 Å². The Labute approximate surface area is 103 Å². The Bertz CT molecular complexity index is 390. The Morgan fingerprint density at radius 3 is 2.71 bits per heavy atom. The fraction of sp³-hybridized carbons (Fsp3) is 0.571. The summed E-state index contributed by atoms with van der Waals surface area (Å²) in [6, 6.07) is 4.39. The third-order valence-corrected chi connectivity index (χ3v) is 3.14. The highest BCUT2D eigenvalue weighted by Crippen LogP contribution is 2.33. The van der Waals surface area contributed by atoms with Gasteiger partial charge in [0.25, 0.3) is 0 Å². The third-order valence-electron chi connectivity index (χ3n) is 3.14. The van der Waals surface area contributed by atoms with Crippen LogP contribution in [0.4, 0.5) is 0 Å². The molecule has 1 aliphatic rings. The van der Waals surface area contributed by atoms with E-state index in [1.807, 2.05) is 19.9 Å². The van der Waals surface area contributed by atoms with Gasteiger partial charge in [0.05, 0.1) is 13.2 Å². The van der Waals surface area contributed by atoms with Gasteiger partial charge < -0.3 is 15.2 Å². The van der Waals surface area contributed by atoms with Gasteiger partial charge in [-0.15, -0.1) is 0 Å². The van der Waals surface area contributed by atoms with E-state index in [-0.39, 0.29) is 6.04 Å². The van der Waals surface area contributed by atoms with Gasteiger partial charge in [-0.1, -0.05) is 0 Å².